The molecule has 20 heavy (non-hydrogen) atoms. The Balaban J connectivity index is 1.52. The predicted molar refractivity (Wildman–Crippen MR) is 82.2 cm³/mol. The van der Waals surface area contributed by atoms with E-state index in [4.69, 9.17) is 4.98 Å². The van der Waals surface area contributed by atoms with Gasteiger partial charge >= 0.3 is 0 Å². The zero-order valence-corrected chi connectivity index (χ0v) is 12.3. The van der Waals surface area contributed by atoms with Crippen LogP contribution in [0.5, 0.6) is 0 Å². The first-order valence-corrected chi connectivity index (χ1v) is 8.36. The molecule has 0 aromatic carbocycles. The van der Waals surface area contributed by atoms with Crippen LogP contribution in [0.25, 0.3) is 0 Å². The van der Waals surface area contributed by atoms with Crippen LogP contribution in [-0.4, -0.2) is 30.7 Å². The van der Waals surface area contributed by atoms with Crippen molar-refractivity contribution in [3.63, 3.8) is 0 Å². The normalized spacial score (nSPS) is 22.8. The van der Waals surface area contributed by atoms with Gasteiger partial charge in [-0.1, -0.05) is 6.07 Å². The van der Waals surface area contributed by atoms with Gasteiger partial charge < -0.3 is 10.2 Å². The molecule has 2 heterocycles. The van der Waals surface area contributed by atoms with Crippen LogP contribution in [0.15, 0.2) is 12.1 Å². The number of nitrogens with zero attached hydrogens (tertiary/aromatic N) is 2. The number of nitrogens with one attached hydrogen (secondary N) is 1. The third kappa shape index (κ3) is 2.56. The molecule has 0 unspecified atom stereocenters. The summed E-state index contributed by atoms with van der Waals surface area (Å²) in [4.78, 5) is 7.61. The van der Waals surface area contributed by atoms with Crippen molar-refractivity contribution in [3.05, 3.63) is 23.4 Å². The lowest BCUT2D eigenvalue weighted by molar-refractivity contribution is 0.372. The summed E-state index contributed by atoms with van der Waals surface area (Å²) in [6.45, 7) is 3.61. The fourth-order valence-corrected chi connectivity index (χ4v) is 3.73. The first-order chi connectivity index (χ1) is 9.90. The lowest BCUT2D eigenvalue weighted by Gasteiger charge is -2.31. The van der Waals surface area contributed by atoms with Crippen LogP contribution in [-0.2, 0) is 12.8 Å². The highest BCUT2D eigenvalue weighted by molar-refractivity contribution is 5.45. The van der Waals surface area contributed by atoms with Crippen molar-refractivity contribution in [2.75, 3.05) is 24.5 Å². The topological polar surface area (TPSA) is 28.2 Å². The van der Waals surface area contributed by atoms with Gasteiger partial charge in [0, 0.05) is 18.3 Å². The van der Waals surface area contributed by atoms with Crippen molar-refractivity contribution in [2.24, 2.45) is 5.92 Å². The summed E-state index contributed by atoms with van der Waals surface area (Å²) in [5, 5.41) is 3.47. The van der Waals surface area contributed by atoms with Crippen molar-refractivity contribution >= 4 is 5.82 Å². The molecule has 1 N–H and O–H groups in total. The number of aromatic nitrogens is 1. The maximum atomic E-state index is 4.99. The maximum absolute atomic E-state index is 4.99. The number of hydrogen-bond donors (Lipinski definition) is 1. The summed E-state index contributed by atoms with van der Waals surface area (Å²) in [6.07, 6.45) is 9.11. The van der Waals surface area contributed by atoms with E-state index < -0.39 is 0 Å². The lowest BCUT2D eigenvalue weighted by Crippen LogP contribution is -2.37. The van der Waals surface area contributed by atoms with Gasteiger partial charge in [0.25, 0.3) is 0 Å². The minimum Gasteiger partial charge on any atom is -0.353 e. The average Bonchev–Trinajstić information content (AvgIpc) is 3.22. The van der Waals surface area contributed by atoms with Gasteiger partial charge in [0.15, 0.2) is 0 Å². The zero-order chi connectivity index (χ0) is 13.4. The van der Waals surface area contributed by atoms with Crippen molar-refractivity contribution in [2.45, 2.75) is 51.0 Å². The molecule has 0 atom stereocenters. The Morgan fingerprint density at radius 2 is 1.95 bits per heavy atom. The Kier molecular flexibility index (Phi) is 3.39. The number of aryl methyl sites for hydroxylation is 2. The number of piperidine rings is 1. The van der Waals surface area contributed by atoms with Crippen molar-refractivity contribution in [3.8, 4) is 0 Å². The van der Waals surface area contributed by atoms with E-state index in [0.29, 0.717) is 0 Å². The first-order valence-electron chi connectivity index (χ1n) is 8.36. The predicted octanol–water partition coefficient (Wildman–Crippen LogP) is 2.54. The summed E-state index contributed by atoms with van der Waals surface area (Å²) in [5.74, 6) is 2.11. The van der Waals surface area contributed by atoms with Gasteiger partial charge in [-0.15, -0.1) is 0 Å². The monoisotopic (exact) mass is 271 g/mol. The Morgan fingerprint density at radius 1 is 1.10 bits per heavy atom. The van der Waals surface area contributed by atoms with Gasteiger partial charge in [-0.3, -0.25) is 0 Å². The van der Waals surface area contributed by atoms with Crippen molar-refractivity contribution < 1.29 is 0 Å². The van der Waals surface area contributed by atoms with E-state index in [2.05, 4.69) is 22.3 Å². The molecule has 2 aliphatic carbocycles. The second-order valence-corrected chi connectivity index (χ2v) is 6.71. The lowest BCUT2D eigenvalue weighted by atomic mass is 9.97. The smallest absolute Gasteiger partial charge is 0.129 e. The fourth-order valence-electron chi connectivity index (χ4n) is 3.73. The van der Waals surface area contributed by atoms with E-state index in [0.717, 1.165) is 12.0 Å². The number of hydrogen-bond acceptors (Lipinski definition) is 3. The molecule has 1 aromatic rings. The van der Waals surface area contributed by atoms with E-state index in [-0.39, 0.29) is 0 Å². The summed E-state index contributed by atoms with van der Waals surface area (Å²) in [6, 6.07) is 5.39. The van der Waals surface area contributed by atoms with E-state index >= 15 is 0 Å². The zero-order valence-electron chi connectivity index (χ0n) is 12.3. The number of pyridine rings is 1. The minimum atomic E-state index is 0.775. The third-order valence-electron chi connectivity index (χ3n) is 5.11. The molecule has 1 aliphatic heterocycles. The van der Waals surface area contributed by atoms with Gasteiger partial charge in [-0.05, 0) is 75.6 Å². The van der Waals surface area contributed by atoms with Crippen LogP contribution in [0.1, 0.15) is 43.4 Å². The van der Waals surface area contributed by atoms with Crippen LogP contribution in [0.3, 0.4) is 0 Å². The van der Waals surface area contributed by atoms with Gasteiger partial charge in [-0.25, -0.2) is 4.98 Å². The standard InChI is InChI=1S/C17H25N3/c1-2-14-4-7-17(19-16(14)3-1)20(15-5-6-15)12-13-8-10-18-11-9-13/h4,7,13,15,18H,1-3,5-6,8-12H2. The summed E-state index contributed by atoms with van der Waals surface area (Å²) in [5.41, 5.74) is 2.87. The van der Waals surface area contributed by atoms with Crippen LogP contribution < -0.4 is 10.2 Å². The number of fused-ring (bicyclic) bond motifs is 1. The fraction of sp³-hybridized carbons (Fsp3) is 0.706. The first kappa shape index (κ1) is 12.6. The van der Waals surface area contributed by atoms with Crippen LogP contribution in [0.2, 0.25) is 0 Å². The molecule has 1 aromatic heterocycles. The molecule has 108 valence electrons. The highest BCUT2D eigenvalue weighted by Gasteiger charge is 2.32. The number of rotatable bonds is 4. The van der Waals surface area contributed by atoms with Crippen molar-refractivity contribution in [1.29, 1.82) is 0 Å². The Hall–Kier alpha value is -1.09. The molecule has 4 rings (SSSR count). The molecule has 3 aliphatic rings. The molecule has 1 saturated heterocycles. The molecule has 2 fully saturated rings. The van der Waals surface area contributed by atoms with Gasteiger partial charge in [-0.2, -0.15) is 0 Å². The summed E-state index contributed by atoms with van der Waals surface area (Å²) < 4.78 is 0. The van der Waals surface area contributed by atoms with E-state index in [9.17, 15) is 0 Å². The number of anilines is 1. The molecule has 1 saturated carbocycles. The van der Waals surface area contributed by atoms with E-state index in [1.807, 2.05) is 0 Å². The largest absolute Gasteiger partial charge is 0.353 e. The quantitative estimate of drug-likeness (QED) is 0.912. The van der Waals surface area contributed by atoms with Crippen LogP contribution in [0, 0.1) is 5.92 Å². The molecule has 3 nitrogen and oxygen atoms in total. The molecular weight excluding hydrogens is 246 g/mol. The average molecular weight is 271 g/mol. The molecule has 3 heteroatoms. The van der Waals surface area contributed by atoms with E-state index in [1.54, 1.807) is 0 Å². The van der Waals surface area contributed by atoms with Gasteiger partial charge in [0.1, 0.15) is 5.82 Å². The molecular formula is C17H25N3. The van der Waals surface area contributed by atoms with Crippen LogP contribution >= 0.6 is 0 Å². The van der Waals surface area contributed by atoms with Crippen molar-refractivity contribution in [1.82, 2.24) is 10.3 Å². The highest BCUT2D eigenvalue weighted by atomic mass is 15.2. The maximum Gasteiger partial charge on any atom is 0.129 e. The minimum absolute atomic E-state index is 0.775. The third-order valence-corrected chi connectivity index (χ3v) is 5.11. The van der Waals surface area contributed by atoms with E-state index in [1.165, 1.54) is 81.7 Å². The molecule has 0 amide bonds. The Morgan fingerprint density at radius 3 is 2.75 bits per heavy atom. The molecule has 0 radical (unpaired) electrons. The SMILES string of the molecule is c1cc2c(nc1N(CC1CCNCC1)C1CC1)CCC2. The van der Waals surface area contributed by atoms with Gasteiger partial charge in [0.05, 0.1) is 0 Å². The Bertz CT molecular complexity index is 475. The second-order valence-electron chi connectivity index (χ2n) is 6.71. The molecule has 0 spiro atoms. The second kappa shape index (κ2) is 5.36. The van der Waals surface area contributed by atoms with Gasteiger partial charge in [0.2, 0.25) is 0 Å². The highest BCUT2D eigenvalue weighted by Crippen LogP contribution is 2.33. The van der Waals surface area contributed by atoms with Crippen LogP contribution in [0.4, 0.5) is 5.82 Å². The Labute approximate surface area is 121 Å². The molecule has 0 bridgehead atoms. The summed E-state index contributed by atoms with van der Waals surface area (Å²) in [7, 11) is 0. The summed E-state index contributed by atoms with van der Waals surface area (Å²) >= 11 is 0.